The number of hydrogen-bond donors (Lipinski definition) is 1. The molecule has 1 heterocycles. The van der Waals surface area contributed by atoms with Crippen LogP contribution >= 0.6 is 21.0 Å². The fourth-order valence-electron chi connectivity index (χ4n) is 0.371. The molecule has 2 nitrogen and oxygen atoms in total. The van der Waals surface area contributed by atoms with E-state index in [-0.39, 0.29) is 27.6 Å². The molecule has 0 radical (unpaired) electrons. The summed E-state index contributed by atoms with van der Waals surface area (Å²) in [5, 5.41) is 8.55. The molecule has 0 amide bonds. The minimum absolute atomic E-state index is 0.116. The Morgan fingerprint density at radius 2 is 2.62 bits per heavy atom. The van der Waals surface area contributed by atoms with E-state index in [1.807, 2.05) is 10.2 Å². The molecule has 0 atom stereocenters. The van der Waals surface area contributed by atoms with Gasteiger partial charge in [-0.2, -0.15) is 0 Å². The summed E-state index contributed by atoms with van der Waals surface area (Å²) in [6.45, 7) is 0.158. The lowest BCUT2D eigenvalue weighted by Crippen LogP contribution is -1.83. The molecule has 44 valence electrons. The van der Waals surface area contributed by atoms with Crippen LogP contribution in [0.15, 0.2) is 25.1 Å². The Balaban J connectivity index is 2.68. The Morgan fingerprint density at radius 1 is 1.75 bits per heavy atom. The number of rotatable bonds is 1. The second kappa shape index (κ2) is 3.09. The molecule has 1 aliphatic rings. The van der Waals surface area contributed by atoms with E-state index in [2.05, 4.69) is 3.15 Å². The van der Waals surface area contributed by atoms with Crippen LogP contribution in [0.2, 0.25) is 0 Å². The van der Waals surface area contributed by atoms with Crippen molar-refractivity contribution in [3.8, 4) is 0 Å². The Hall–Kier alpha value is -0.0300. The minimum Gasteiger partial charge on any atom is -0.392 e. The number of aliphatic hydroxyl groups is 1. The summed E-state index contributed by atoms with van der Waals surface area (Å²) in [6, 6.07) is 0. The first-order valence-corrected chi connectivity index (χ1v) is 4.44. The molecule has 0 spiro atoms. The van der Waals surface area contributed by atoms with Gasteiger partial charge in [-0.3, -0.25) is 0 Å². The molecule has 0 bridgehead atoms. The maximum atomic E-state index is 8.55. The molecular weight excluding hydrogens is 217 g/mol. The largest absolute Gasteiger partial charge is 0.392 e. The van der Waals surface area contributed by atoms with Crippen LogP contribution in [0, 0.1) is 0 Å². The quantitative estimate of drug-likeness (QED) is 0.672. The lowest BCUT2D eigenvalue weighted by Gasteiger charge is -1.93. The number of halogens is 1. The van der Waals surface area contributed by atoms with Crippen LogP contribution in [0.4, 0.5) is 0 Å². The van der Waals surface area contributed by atoms with Crippen LogP contribution in [0.3, 0.4) is 0 Å². The summed E-state index contributed by atoms with van der Waals surface area (Å²) in [6.07, 6.45) is 3.60. The summed E-state index contributed by atoms with van der Waals surface area (Å²) in [4.78, 5) is 0. The molecule has 0 aromatic heterocycles. The highest BCUT2D eigenvalue weighted by molar-refractivity contribution is 14.2. The zero-order valence-corrected chi connectivity index (χ0v) is 6.37. The maximum absolute atomic E-state index is 8.55. The first-order valence-electron chi connectivity index (χ1n) is 2.23. The van der Waals surface area contributed by atoms with Crippen LogP contribution in [-0.2, 0) is 0 Å². The maximum Gasteiger partial charge on any atom is 0.0687 e. The third-order valence-corrected chi connectivity index (χ3v) is 2.49. The SMILES string of the molecule is OCC1=CI=NC=C1. The summed E-state index contributed by atoms with van der Waals surface area (Å²) < 4.78 is 6.03. The smallest absolute Gasteiger partial charge is 0.0687 e. The number of nitrogens with zero attached hydrogens (tertiary/aromatic N) is 1. The minimum atomic E-state index is -0.116. The molecule has 0 aromatic carbocycles. The van der Waals surface area contributed by atoms with Gasteiger partial charge in [0.1, 0.15) is 0 Å². The monoisotopic (exact) mass is 223 g/mol. The Kier molecular flexibility index (Phi) is 2.35. The van der Waals surface area contributed by atoms with E-state index < -0.39 is 0 Å². The van der Waals surface area contributed by atoms with Crippen molar-refractivity contribution in [2.75, 3.05) is 6.61 Å². The van der Waals surface area contributed by atoms with Crippen molar-refractivity contribution in [3.63, 3.8) is 0 Å². The van der Waals surface area contributed by atoms with Gasteiger partial charge in [-0.1, -0.05) is 0 Å². The Labute approximate surface area is 58.1 Å². The standard InChI is InChI=1S/C5H6INO/c8-4-5-1-2-7-6-3-5/h1-3,8H,4H2. The van der Waals surface area contributed by atoms with E-state index in [4.69, 9.17) is 5.11 Å². The van der Waals surface area contributed by atoms with Crippen molar-refractivity contribution in [1.29, 1.82) is 0 Å². The fourth-order valence-corrected chi connectivity index (χ4v) is 1.64. The molecule has 1 aliphatic heterocycles. The zero-order chi connectivity index (χ0) is 5.82. The average molecular weight is 223 g/mol. The zero-order valence-electron chi connectivity index (χ0n) is 4.21. The third kappa shape index (κ3) is 1.48. The summed E-state index contributed by atoms with van der Waals surface area (Å²) in [5.74, 6) is 0. The Morgan fingerprint density at radius 3 is 3.00 bits per heavy atom. The van der Waals surface area contributed by atoms with Gasteiger partial charge in [0.2, 0.25) is 0 Å². The van der Waals surface area contributed by atoms with E-state index in [1.165, 1.54) is 0 Å². The molecule has 0 unspecified atom stereocenters. The predicted molar refractivity (Wildman–Crippen MR) is 40.8 cm³/mol. The lowest BCUT2D eigenvalue weighted by atomic mass is 10.3. The van der Waals surface area contributed by atoms with E-state index in [0.29, 0.717) is 0 Å². The summed E-state index contributed by atoms with van der Waals surface area (Å²) in [5.41, 5.74) is 1.01. The first kappa shape index (κ1) is 6.10. The van der Waals surface area contributed by atoms with Gasteiger partial charge in [0, 0.05) is 27.2 Å². The molecule has 0 aliphatic carbocycles. The Bertz CT molecular complexity index is 160. The average Bonchev–Trinajstić information content (AvgIpc) is 1.90. The third-order valence-electron chi connectivity index (χ3n) is 0.773. The van der Waals surface area contributed by atoms with Crippen LogP contribution in [0.25, 0.3) is 0 Å². The van der Waals surface area contributed by atoms with Gasteiger partial charge in [-0.05, 0) is 15.7 Å². The van der Waals surface area contributed by atoms with Gasteiger partial charge < -0.3 is 5.11 Å². The molecule has 0 saturated heterocycles. The second-order valence-electron chi connectivity index (χ2n) is 1.35. The molecule has 3 heteroatoms. The van der Waals surface area contributed by atoms with Gasteiger partial charge in [0.25, 0.3) is 0 Å². The lowest BCUT2D eigenvalue weighted by molar-refractivity contribution is 0.335. The van der Waals surface area contributed by atoms with Crippen molar-refractivity contribution in [2.24, 2.45) is 3.15 Å². The van der Waals surface area contributed by atoms with Gasteiger partial charge in [-0.15, -0.1) is 0 Å². The van der Waals surface area contributed by atoms with E-state index in [9.17, 15) is 0 Å². The van der Waals surface area contributed by atoms with Gasteiger partial charge in [-0.25, -0.2) is 3.15 Å². The van der Waals surface area contributed by atoms with Crippen LogP contribution in [0.1, 0.15) is 0 Å². The highest BCUT2D eigenvalue weighted by atomic mass is 127. The number of hydrogen-bond acceptors (Lipinski definition) is 2. The molecule has 0 saturated carbocycles. The van der Waals surface area contributed by atoms with Crippen molar-refractivity contribution < 1.29 is 5.11 Å². The summed E-state index contributed by atoms with van der Waals surface area (Å²) in [7, 11) is 0. The van der Waals surface area contributed by atoms with Crippen molar-refractivity contribution in [2.45, 2.75) is 0 Å². The van der Waals surface area contributed by atoms with Crippen molar-refractivity contribution in [3.05, 3.63) is 21.9 Å². The van der Waals surface area contributed by atoms with Crippen LogP contribution < -0.4 is 0 Å². The predicted octanol–water partition coefficient (Wildman–Crippen LogP) is 1.54. The van der Waals surface area contributed by atoms with Crippen molar-refractivity contribution >= 4 is 21.0 Å². The molecule has 0 fully saturated rings. The normalized spacial score (nSPS) is 17.4. The fraction of sp³-hybridized carbons (Fsp3) is 0.200. The van der Waals surface area contributed by atoms with E-state index in [0.717, 1.165) is 5.57 Å². The van der Waals surface area contributed by atoms with Gasteiger partial charge in [0.15, 0.2) is 0 Å². The summed E-state index contributed by atoms with van der Waals surface area (Å²) >= 11 is -0.116. The number of aliphatic hydroxyl groups excluding tert-OH is 1. The van der Waals surface area contributed by atoms with E-state index >= 15 is 0 Å². The van der Waals surface area contributed by atoms with E-state index in [1.54, 1.807) is 6.20 Å². The van der Waals surface area contributed by atoms with Gasteiger partial charge >= 0.3 is 0 Å². The molecule has 0 aromatic rings. The van der Waals surface area contributed by atoms with Crippen LogP contribution in [-0.4, -0.2) is 11.7 Å². The molecular formula is C5H6INO. The van der Waals surface area contributed by atoms with Crippen molar-refractivity contribution in [1.82, 2.24) is 0 Å². The molecule has 1 rings (SSSR count). The van der Waals surface area contributed by atoms with Crippen LogP contribution in [0.5, 0.6) is 0 Å². The topological polar surface area (TPSA) is 32.6 Å². The highest BCUT2D eigenvalue weighted by Crippen LogP contribution is 2.13. The second-order valence-corrected chi connectivity index (χ2v) is 3.09. The van der Waals surface area contributed by atoms with Gasteiger partial charge in [0.05, 0.1) is 6.61 Å². The molecule has 1 N–H and O–H groups in total. The molecule has 8 heavy (non-hydrogen) atoms. The first-order chi connectivity index (χ1) is 3.93. The highest BCUT2D eigenvalue weighted by Gasteiger charge is 1.88.